The van der Waals surface area contributed by atoms with Gasteiger partial charge < -0.3 is 35.4 Å². The van der Waals surface area contributed by atoms with Gasteiger partial charge in [0.05, 0.1) is 12.5 Å². The smallest absolute Gasteiger partial charge is 0.407 e. The Bertz CT molecular complexity index is 2340. The second kappa shape index (κ2) is 22.0. The fourth-order valence-corrected chi connectivity index (χ4v) is 7.59. The third-order valence-electron chi connectivity index (χ3n) is 10.8. The summed E-state index contributed by atoms with van der Waals surface area (Å²) in [5.41, 5.74) is 5.52. The van der Waals surface area contributed by atoms with Crippen LogP contribution in [-0.2, 0) is 35.2 Å². The molecule has 0 saturated carbocycles. The normalized spacial score (nSPS) is 13.0. The summed E-state index contributed by atoms with van der Waals surface area (Å²) in [6, 6.07) is 35.5. The molecule has 12 heteroatoms. The van der Waals surface area contributed by atoms with Gasteiger partial charge in [0, 0.05) is 31.1 Å². The van der Waals surface area contributed by atoms with Crippen molar-refractivity contribution in [1.29, 1.82) is 0 Å². The van der Waals surface area contributed by atoms with Crippen molar-refractivity contribution in [2.75, 3.05) is 31.7 Å². The molecule has 0 radical (unpaired) electrons. The van der Waals surface area contributed by atoms with E-state index < -0.39 is 48.5 Å². The molecule has 4 amide bonds. The number of esters is 1. The summed E-state index contributed by atoms with van der Waals surface area (Å²) in [5.74, 6) is -3.69. The van der Waals surface area contributed by atoms with Crippen LogP contribution < -0.4 is 16.0 Å². The van der Waals surface area contributed by atoms with E-state index in [1.807, 2.05) is 109 Å². The number of aliphatic hydroxyl groups excluding tert-OH is 1. The van der Waals surface area contributed by atoms with Crippen LogP contribution in [0.4, 0.5) is 10.5 Å². The lowest BCUT2D eigenvalue weighted by Crippen LogP contribution is -2.50. The molecule has 5 aromatic carbocycles. The molecule has 0 bridgehead atoms. The Morgan fingerprint density at radius 2 is 1.39 bits per heavy atom. The fraction of sp³-hybridized carbons (Fsp3) is 0.260. The minimum atomic E-state index is -1.41. The first-order valence-electron chi connectivity index (χ1n) is 20.7. The summed E-state index contributed by atoms with van der Waals surface area (Å²) in [4.78, 5) is 70.0. The van der Waals surface area contributed by atoms with Gasteiger partial charge in [-0.05, 0) is 70.0 Å². The number of anilines is 1. The van der Waals surface area contributed by atoms with E-state index in [-0.39, 0.29) is 57.4 Å². The molecule has 3 atom stereocenters. The van der Waals surface area contributed by atoms with Crippen molar-refractivity contribution in [3.63, 3.8) is 0 Å². The van der Waals surface area contributed by atoms with Crippen molar-refractivity contribution in [2.45, 2.75) is 50.2 Å². The van der Waals surface area contributed by atoms with Gasteiger partial charge in [0.15, 0.2) is 0 Å². The second-order valence-electron chi connectivity index (χ2n) is 15.1. The standard InChI is InChI=1S/C50H52N4O8/c1-3-5-24-44(53-50(60)62-32-43-41-22-13-11-20-39(41)40-21-12-14-23-42(40)43)49(59)61-33-45(48(58)51-38-26-25-35-18-9-10-19-36(35)29-38)52-47(57)37(15-4-2)30-46(56)54(27-28-55)31-34-16-7-6-8-17-34/h3-4,6-14,16-23,25-26,29,37,43-45,55H,1-2,5,15,24,27-28,30-33H2,(H,51,58)(H,52,57)(H,53,60). The van der Waals surface area contributed by atoms with Gasteiger partial charge in [0.25, 0.3) is 5.91 Å². The highest BCUT2D eigenvalue weighted by atomic mass is 16.6. The monoisotopic (exact) mass is 836 g/mol. The number of hydrogen-bond acceptors (Lipinski definition) is 8. The lowest BCUT2D eigenvalue weighted by atomic mass is 9.98. The number of fused-ring (bicyclic) bond motifs is 4. The van der Waals surface area contributed by atoms with E-state index in [0.717, 1.165) is 38.6 Å². The van der Waals surface area contributed by atoms with Crippen molar-refractivity contribution < 1.29 is 38.6 Å². The van der Waals surface area contributed by atoms with E-state index in [1.54, 1.807) is 18.2 Å². The van der Waals surface area contributed by atoms with Crippen molar-refractivity contribution in [2.24, 2.45) is 5.92 Å². The number of benzene rings is 5. The number of alkyl carbamates (subject to hydrolysis) is 1. The first-order valence-corrected chi connectivity index (χ1v) is 20.7. The summed E-state index contributed by atoms with van der Waals surface area (Å²) >= 11 is 0. The summed E-state index contributed by atoms with van der Waals surface area (Å²) in [6.07, 6.45) is 2.62. The first kappa shape index (κ1) is 44.5. The van der Waals surface area contributed by atoms with E-state index in [0.29, 0.717) is 12.1 Å². The van der Waals surface area contributed by atoms with Crippen LogP contribution in [0.5, 0.6) is 0 Å². The van der Waals surface area contributed by atoms with Gasteiger partial charge in [0.1, 0.15) is 25.3 Å². The van der Waals surface area contributed by atoms with Crippen molar-refractivity contribution >= 4 is 46.2 Å². The van der Waals surface area contributed by atoms with Gasteiger partial charge in [-0.2, -0.15) is 0 Å². The van der Waals surface area contributed by atoms with Gasteiger partial charge in [0.2, 0.25) is 11.8 Å². The zero-order valence-electron chi connectivity index (χ0n) is 34.5. The molecule has 1 aliphatic carbocycles. The number of amides is 4. The van der Waals surface area contributed by atoms with Crippen LogP contribution in [-0.4, -0.2) is 78.2 Å². The van der Waals surface area contributed by atoms with Crippen LogP contribution in [0, 0.1) is 5.92 Å². The van der Waals surface area contributed by atoms with E-state index in [9.17, 15) is 29.1 Å². The number of carbonyl (C=O) groups excluding carboxylic acids is 5. The SMILES string of the molecule is C=CCCC(NC(=O)OCC1c2ccccc2-c2ccccc21)C(=O)OCC(NC(=O)C(CC=C)CC(=O)N(CCO)Cc1ccccc1)C(=O)Nc1ccc2ccccc2c1. The third-order valence-corrected chi connectivity index (χ3v) is 10.8. The molecule has 0 fully saturated rings. The van der Waals surface area contributed by atoms with E-state index in [1.165, 1.54) is 11.0 Å². The molecule has 5 aromatic rings. The lowest BCUT2D eigenvalue weighted by molar-refractivity contribution is -0.148. The van der Waals surface area contributed by atoms with Crippen LogP contribution in [0.25, 0.3) is 21.9 Å². The molecule has 12 nitrogen and oxygen atoms in total. The molecular weight excluding hydrogens is 785 g/mol. The molecule has 1 aliphatic rings. The molecule has 6 rings (SSSR count). The molecule has 0 heterocycles. The Morgan fingerprint density at radius 3 is 2.06 bits per heavy atom. The fourth-order valence-electron chi connectivity index (χ4n) is 7.59. The number of aliphatic hydroxyl groups is 1. The highest BCUT2D eigenvalue weighted by molar-refractivity contribution is 6.00. The van der Waals surface area contributed by atoms with E-state index in [2.05, 4.69) is 29.1 Å². The third kappa shape index (κ3) is 11.6. The predicted molar refractivity (Wildman–Crippen MR) is 239 cm³/mol. The van der Waals surface area contributed by atoms with Crippen LogP contribution >= 0.6 is 0 Å². The van der Waals surface area contributed by atoms with E-state index in [4.69, 9.17) is 9.47 Å². The number of allylic oxidation sites excluding steroid dienone is 2. The van der Waals surface area contributed by atoms with Crippen LogP contribution in [0.3, 0.4) is 0 Å². The average Bonchev–Trinajstić information content (AvgIpc) is 3.61. The number of nitrogens with one attached hydrogen (secondary N) is 3. The summed E-state index contributed by atoms with van der Waals surface area (Å²) < 4.78 is 11.4. The van der Waals surface area contributed by atoms with Gasteiger partial charge in [-0.25, -0.2) is 9.59 Å². The van der Waals surface area contributed by atoms with Gasteiger partial charge >= 0.3 is 12.1 Å². The van der Waals surface area contributed by atoms with Crippen LogP contribution in [0.1, 0.15) is 48.3 Å². The quantitative estimate of drug-likeness (QED) is 0.0443. The highest BCUT2D eigenvalue weighted by Gasteiger charge is 2.32. The van der Waals surface area contributed by atoms with Crippen molar-refractivity contribution in [1.82, 2.24) is 15.5 Å². The molecule has 0 spiro atoms. The van der Waals surface area contributed by atoms with Gasteiger partial charge in [-0.1, -0.05) is 121 Å². The topological polar surface area (TPSA) is 163 Å². The molecular formula is C50H52N4O8. The van der Waals surface area contributed by atoms with Gasteiger partial charge in [-0.3, -0.25) is 14.4 Å². The van der Waals surface area contributed by atoms with Crippen LogP contribution in [0.2, 0.25) is 0 Å². The number of nitrogens with zero attached hydrogens (tertiary/aromatic N) is 1. The molecule has 0 saturated heterocycles. The largest absolute Gasteiger partial charge is 0.461 e. The zero-order chi connectivity index (χ0) is 43.8. The minimum absolute atomic E-state index is 0.0323. The lowest BCUT2D eigenvalue weighted by Gasteiger charge is -2.26. The molecule has 4 N–H and O–H groups in total. The maximum atomic E-state index is 14.0. The maximum Gasteiger partial charge on any atom is 0.407 e. The molecule has 0 aliphatic heterocycles. The average molecular weight is 837 g/mol. The Hall–Kier alpha value is -7.05. The summed E-state index contributed by atoms with van der Waals surface area (Å²) in [6.45, 7) is 6.96. The Morgan fingerprint density at radius 1 is 0.726 bits per heavy atom. The second-order valence-corrected chi connectivity index (χ2v) is 15.1. The maximum absolute atomic E-state index is 14.0. The predicted octanol–water partition coefficient (Wildman–Crippen LogP) is 7.28. The zero-order valence-corrected chi connectivity index (χ0v) is 34.5. The Labute approximate surface area is 361 Å². The Balaban J connectivity index is 1.15. The number of rotatable bonds is 21. The highest BCUT2D eigenvalue weighted by Crippen LogP contribution is 2.44. The van der Waals surface area contributed by atoms with Gasteiger partial charge in [-0.15, -0.1) is 13.2 Å². The van der Waals surface area contributed by atoms with Crippen molar-refractivity contribution in [3.8, 4) is 11.1 Å². The molecule has 0 aromatic heterocycles. The number of carbonyl (C=O) groups is 5. The minimum Gasteiger partial charge on any atom is -0.461 e. The summed E-state index contributed by atoms with van der Waals surface area (Å²) in [7, 11) is 0. The van der Waals surface area contributed by atoms with Crippen molar-refractivity contribution in [3.05, 3.63) is 163 Å². The molecule has 62 heavy (non-hydrogen) atoms. The first-order chi connectivity index (χ1) is 30.2. The molecule has 320 valence electrons. The number of ether oxygens (including phenoxy) is 2. The Kier molecular flexibility index (Phi) is 15.8. The van der Waals surface area contributed by atoms with Crippen LogP contribution in [0.15, 0.2) is 147 Å². The summed E-state index contributed by atoms with van der Waals surface area (Å²) in [5, 5.41) is 19.7. The number of hydrogen-bond donors (Lipinski definition) is 4. The van der Waals surface area contributed by atoms with E-state index >= 15 is 0 Å². The molecule has 3 unspecified atom stereocenters.